The van der Waals surface area contributed by atoms with Crippen LogP contribution in [0.25, 0.3) is 0 Å². The largest absolute Gasteiger partial charge is 0.496 e. The normalized spacial score (nSPS) is 17.3. The zero-order valence-electron chi connectivity index (χ0n) is 12.4. The van der Waals surface area contributed by atoms with Crippen molar-refractivity contribution in [3.8, 4) is 5.75 Å². The Bertz CT molecular complexity index is 490. The van der Waals surface area contributed by atoms with Crippen LogP contribution in [-0.2, 0) is 9.53 Å². The molecule has 1 aliphatic rings. The number of esters is 1. The van der Waals surface area contributed by atoms with Crippen molar-refractivity contribution < 1.29 is 14.3 Å². The Hall–Kier alpha value is -1.11. The summed E-state index contributed by atoms with van der Waals surface area (Å²) in [6, 6.07) is 5.36. The van der Waals surface area contributed by atoms with Crippen molar-refractivity contribution >= 4 is 21.9 Å². The SMILES string of the molecule is CCOC(=O)C(c1ccc(OC)c(Br)c1)N1CCNCC1. The Morgan fingerprint density at radius 1 is 1.43 bits per heavy atom. The fraction of sp³-hybridized carbons (Fsp3) is 0.533. The first kappa shape index (κ1) is 16.3. The molecule has 0 aromatic heterocycles. The first-order valence-corrected chi connectivity index (χ1v) is 7.91. The number of hydrogen-bond donors (Lipinski definition) is 1. The first-order chi connectivity index (χ1) is 10.2. The Morgan fingerprint density at radius 2 is 2.14 bits per heavy atom. The second-order valence-electron chi connectivity index (χ2n) is 4.83. The summed E-state index contributed by atoms with van der Waals surface area (Å²) in [5, 5.41) is 3.30. The lowest BCUT2D eigenvalue weighted by Crippen LogP contribution is -2.47. The van der Waals surface area contributed by atoms with Gasteiger partial charge in [0.25, 0.3) is 0 Å². The van der Waals surface area contributed by atoms with Crippen LogP contribution in [-0.4, -0.2) is 50.8 Å². The molecule has 0 spiro atoms. The van der Waals surface area contributed by atoms with Gasteiger partial charge in [-0.2, -0.15) is 0 Å². The molecule has 1 aromatic rings. The number of benzene rings is 1. The number of halogens is 1. The quantitative estimate of drug-likeness (QED) is 0.817. The van der Waals surface area contributed by atoms with Gasteiger partial charge in [0.05, 0.1) is 18.2 Å². The van der Waals surface area contributed by atoms with Gasteiger partial charge in [-0.3, -0.25) is 4.90 Å². The van der Waals surface area contributed by atoms with Gasteiger partial charge in [-0.1, -0.05) is 6.07 Å². The van der Waals surface area contributed by atoms with E-state index in [9.17, 15) is 4.79 Å². The molecule has 1 N–H and O–H groups in total. The molecule has 1 saturated heterocycles. The van der Waals surface area contributed by atoms with Crippen LogP contribution in [0.15, 0.2) is 22.7 Å². The Balaban J connectivity index is 2.29. The van der Waals surface area contributed by atoms with Crippen molar-refractivity contribution in [2.24, 2.45) is 0 Å². The molecule has 2 rings (SSSR count). The predicted molar refractivity (Wildman–Crippen MR) is 84.5 cm³/mol. The second kappa shape index (κ2) is 7.77. The molecule has 0 saturated carbocycles. The molecule has 21 heavy (non-hydrogen) atoms. The van der Waals surface area contributed by atoms with Gasteiger partial charge < -0.3 is 14.8 Å². The van der Waals surface area contributed by atoms with Crippen LogP contribution < -0.4 is 10.1 Å². The summed E-state index contributed by atoms with van der Waals surface area (Å²) in [6.45, 7) is 5.64. The average molecular weight is 357 g/mol. The van der Waals surface area contributed by atoms with Gasteiger partial charge in [-0.15, -0.1) is 0 Å². The minimum Gasteiger partial charge on any atom is -0.496 e. The zero-order chi connectivity index (χ0) is 15.2. The van der Waals surface area contributed by atoms with Crippen LogP contribution in [0.5, 0.6) is 5.75 Å². The highest BCUT2D eigenvalue weighted by molar-refractivity contribution is 9.10. The third kappa shape index (κ3) is 3.96. The molecule has 1 fully saturated rings. The maximum atomic E-state index is 12.4. The maximum Gasteiger partial charge on any atom is 0.328 e. The monoisotopic (exact) mass is 356 g/mol. The molecule has 1 aromatic carbocycles. The van der Waals surface area contributed by atoms with Crippen LogP contribution in [0.4, 0.5) is 0 Å². The fourth-order valence-corrected chi connectivity index (χ4v) is 3.07. The zero-order valence-corrected chi connectivity index (χ0v) is 14.0. The molecule has 116 valence electrons. The molecule has 0 amide bonds. The highest BCUT2D eigenvalue weighted by Crippen LogP contribution is 2.31. The number of rotatable bonds is 5. The third-order valence-electron chi connectivity index (χ3n) is 3.52. The van der Waals surface area contributed by atoms with Crippen LogP contribution in [0.2, 0.25) is 0 Å². The van der Waals surface area contributed by atoms with Gasteiger partial charge in [-0.25, -0.2) is 4.79 Å². The highest BCUT2D eigenvalue weighted by Gasteiger charge is 2.30. The second-order valence-corrected chi connectivity index (χ2v) is 5.69. The molecular formula is C15H21BrN2O3. The summed E-state index contributed by atoms with van der Waals surface area (Å²) in [6.07, 6.45) is 0. The van der Waals surface area contributed by atoms with Gasteiger partial charge in [0.15, 0.2) is 0 Å². The summed E-state index contributed by atoms with van der Waals surface area (Å²) in [7, 11) is 1.62. The third-order valence-corrected chi connectivity index (χ3v) is 4.14. The van der Waals surface area contributed by atoms with Crippen LogP contribution >= 0.6 is 15.9 Å². The number of carbonyl (C=O) groups excluding carboxylic acids is 1. The minimum atomic E-state index is -0.366. The molecule has 1 aliphatic heterocycles. The van der Waals surface area contributed by atoms with E-state index in [1.807, 2.05) is 25.1 Å². The summed E-state index contributed by atoms with van der Waals surface area (Å²) < 4.78 is 11.3. The Kier molecular flexibility index (Phi) is 6.02. The van der Waals surface area contributed by atoms with Crippen molar-refractivity contribution in [2.45, 2.75) is 13.0 Å². The molecule has 0 bridgehead atoms. The summed E-state index contributed by atoms with van der Waals surface area (Å²) in [5.41, 5.74) is 0.919. The van der Waals surface area contributed by atoms with Crippen molar-refractivity contribution in [1.82, 2.24) is 10.2 Å². The molecule has 5 nitrogen and oxygen atoms in total. The standard InChI is InChI=1S/C15H21BrN2O3/c1-3-21-15(19)14(18-8-6-17-7-9-18)11-4-5-13(20-2)12(16)10-11/h4-5,10,14,17H,3,6-9H2,1-2H3. The lowest BCUT2D eigenvalue weighted by molar-refractivity contribution is -0.150. The summed E-state index contributed by atoms with van der Waals surface area (Å²) >= 11 is 3.48. The van der Waals surface area contributed by atoms with E-state index in [1.165, 1.54) is 0 Å². The highest BCUT2D eigenvalue weighted by atomic mass is 79.9. The Morgan fingerprint density at radius 3 is 2.71 bits per heavy atom. The molecule has 0 aliphatic carbocycles. The van der Waals surface area contributed by atoms with Gasteiger partial charge in [0.2, 0.25) is 0 Å². The summed E-state index contributed by atoms with van der Waals surface area (Å²) in [4.78, 5) is 14.5. The number of carbonyl (C=O) groups is 1. The lowest BCUT2D eigenvalue weighted by Gasteiger charge is -2.33. The molecule has 0 radical (unpaired) electrons. The smallest absolute Gasteiger partial charge is 0.328 e. The number of nitrogens with zero attached hydrogens (tertiary/aromatic N) is 1. The van der Waals surface area contributed by atoms with E-state index >= 15 is 0 Å². The van der Waals surface area contributed by atoms with E-state index in [4.69, 9.17) is 9.47 Å². The maximum absolute atomic E-state index is 12.4. The first-order valence-electron chi connectivity index (χ1n) is 7.12. The van der Waals surface area contributed by atoms with Crippen molar-refractivity contribution in [1.29, 1.82) is 0 Å². The van der Waals surface area contributed by atoms with E-state index < -0.39 is 0 Å². The Labute approximate surface area is 133 Å². The molecule has 1 heterocycles. The van der Waals surface area contributed by atoms with E-state index in [1.54, 1.807) is 7.11 Å². The minimum absolute atomic E-state index is 0.198. The van der Waals surface area contributed by atoms with Crippen molar-refractivity contribution in [3.63, 3.8) is 0 Å². The molecular weight excluding hydrogens is 336 g/mol. The summed E-state index contributed by atoms with van der Waals surface area (Å²) in [5.74, 6) is 0.554. The van der Waals surface area contributed by atoms with E-state index in [0.29, 0.717) is 6.61 Å². The predicted octanol–water partition coefficient (Wildman–Crippen LogP) is 1.97. The molecule has 6 heteroatoms. The number of piperazine rings is 1. The van der Waals surface area contributed by atoms with Crippen molar-refractivity contribution in [2.75, 3.05) is 39.9 Å². The van der Waals surface area contributed by atoms with Gasteiger partial charge in [0.1, 0.15) is 11.8 Å². The number of methoxy groups -OCH3 is 1. The number of ether oxygens (including phenoxy) is 2. The van der Waals surface area contributed by atoms with Crippen LogP contribution in [0.1, 0.15) is 18.5 Å². The van der Waals surface area contributed by atoms with Crippen LogP contribution in [0, 0.1) is 0 Å². The van der Waals surface area contributed by atoms with Gasteiger partial charge >= 0.3 is 5.97 Å². The van der Waals surface area contributed by atoms with E-state index in [0.717, 1.165) is 42.0 Å². The molecule has 1 atom stereocenters. The van der Waals surface area contributed by atoms with Gasteiger partial charge in [-0.05, 0) is 40.5 Å². The van der Waals surface area contributed by atoms with E-state index in [-0.39, 0.29) is 12.0 Å². The van der Waals surface area contributed by atoms with E-state index in [2.05, 4.69) is 26.1 Å². The number of hydrogen-bond acceptors (Lipinski definition) is 5. The fourth-order valence-electron chi connectivity index (χ4n) is 2.51. The van der Waals surface area contributed by atoms with Gasteiger partial charge in [0, 0.05) is 26.2 Å². The lowest BCUT2D eigenvalue weighted by atomic mass is 10.0. The number of nitrogens with one attached hydrogen (secondary N) is 1. The van der Waals surface area contributed by atoms with Crippen LogP contribution in [0.3, 0.4) is 0 Å². The topological polar surface area (TPSA) is 50.8 Å². The molecule has 1 unspecified atom stereocenters. The van der Waals surface area contributed by atoms with Crippen molar-refractivity contribution in [3.05, 3.63) is 28.2 Å². The average Bonchev–Trinajstić information content (AvgIpc) is 2.49.